The Morgan fingerprint density at radius 3 is 2.90 bits per heavy atom. The van der Waals surface area contributed by atoms with Crippen molar-refractivity contribution in [3.05, 3.63) is 28.1 Å². The van der Waals surface area contributed by atoms with E-state index in [-0.39, 0.29) is 23.7 Å². The number of nitrogens with two attached hydrogens (primary N) is 1. The topological polar surface area (TPSA) is 104 Å². The largest absolute Gasteiger partial charge is 0.373 e. The lowest BCUT2D eigenvalue weighted by molar-refractivity contribution is -0.384. The molecule has 1 aliphatic heterocycles. The Morgan fingerprint density at radius 2 is 2.29 bits per heavy atom. The Morgan fingerprint density at radius 1 is 1.52 bits per heavy atom. The third-order valence-corrected chi connectivity index (χ3v) is 3.89. The van der Waals surface area contributed by atoms with E-state index in [9.17, 15) is 14.9 Å². The molecular formula is C13H18N4O4. The van der Waals surface area contributed by atoms with Crippen LogP contribution in [0.1, 0.15) is 29.4 Å². The SMILES string of the molecule is NCC1CN(C(=O)c2cc([N+](=O)[O-])cn2C2CC2)CCO1. The van der Waals surface area contributed by atoms with E-state index in [1.807, 2.05) is 0 Å². The van der Waals surface area contributed by atoms with Crippen molar-refractivity contribution in [1.29, 1.82) is 0 Å². The van der Waals surface area contributed by atoms with Gasteiger partial charge in [-0.2, -0.15) is 0 Å². The maximum Gasteiger partial charge on any atom is 0.287 e. The summed E-state index contributed by atoms with van der Waals surface area (Å²) in [6, 6.07) is 1.58. The molecule has 1 saturated carbocycles. The Bertz CT molecular complexity index is 567. The molecule has 1 unspecified atom stereocenters. The molecule has 1 aromatic rings. The molecule has 8 nitrogen and oxygen atoms in total. The number of nitro groups is 1. The monoisotopic (exact) mass is 294 g/mol. The van der Waals surface area contributed by atoms with E-state index in [1.54, 1.807) is 9.47 Å². The summed E-state index contributed by atoms with van der Waals surface area (Å²) in [5.41, 5.74) is 5.94. The average molecular weight is 294 g/mol. The summed E-state index contributed by atoms with van der Waals surface area (Å²) in [7, 11) is 0. The van der Waals surface area contributed by atoms with E-state index in [0.29, 0.717) is 31.9 Å². The highest BCUT2D eigenvalue weighted by Gasteiger charge is 2.33. The second kappa shape index (κ2) is 5.45. The maximum atomic E-state index is 12.6. The second-order valence-electron chi connectivity index (χ2n) is 5.46. The van der Waals surface area contributed by atoms with Crippen LogP contribution in [0.4, 0.5) is 5.69 Å². The molecule has 2 N–H and O–H groups in total. The number of carbonyl (C=O) groups is 1. The lowest BCUT2D eigenvalue weighted by atomic mass is 10.2. The second-order valence-corrected chi connectivity index (χ2v) is 5.46. The van der Waals surface area contributed by atoms with Gasteiger partial charge in [0, 0.05) is 31.7 Å². The predicted octanol–water partition coefficient (Wildman–Crippen LogP) is 0.531. The van der Waals surface area contributed by atoms with Gasteiger partial charge in [-0.05, 0) is 12.8 Å². The molecule has 1 amide bonds. The minimum absolute atomic E-state index is 0.0334. The van der Waals surface area contributed by atoms with Crippen LogP contribution in [-0.4, -0.2) is 52.6 Å². The van der Waals surface area contributed by atoms with Crippen LogP contribution in [0.15, 0.2) is 12.3 Å². The summed E-state index contributed by atoms with van der Waals surface area (Å²) in [6.07, 6.45) is 3.22. The smallest absolute Gasteiger partial charge is 0.287 e. The van der Waals surface area contributed by atoms with E-state index in [1.165, 1.54) is 12.3 Å². The van der Waals surface area contributed by atoms with E-state index < -0.39 is 4.92 Å². The molecule has 21 heavy (non-hydrogen) atoms. The Balaban J connectivity index is 1.84. The van der Waals surface area contributed by atoms with Gasteiger partial charge in [-0.25, -0.2) is 0 Å². The Hall–Kier alpha value is -1.93. The van der Waals surface area contributed by atoms with Crippen molar-refractivity contribution in [3.63, 3.8) is 0 Å². The van der Waals surface area contributed by atoms with Crippen LogP contribution >= 0.6 is 0 Å². The molecule has 2 aliphatic rings. The van der Waals surface area contributed by atoms with Crippen LogP contribution < -0.4 is 5.73 Å². The van der Waals surface area contributed by atoms with Crippen LogP contribution in [0.5, 0.6) is 0 Å². The first-order chi connectivity index (χ1) is 10.1. The molecule has 1 aromatic heterocycles. The van der Waals surface area contributed by atoms with Crippen LogP contribution in [-0.2, 0) is 4.74 Å². The molecule has 2 heterocycles. The lowest BCUT2D eigenvalue weighted by Gasteiger charge is -2.32. The molecule has 1 aliphatic carbocycles. The van der Waals surface area contributed by atoms with E-state index >= 15 is 0 Å². The van der Waals surface area contributed by atoms with E-state index in [4.69, 9.17) is 10.5 Å². The van der Waals surface area contributed by atoms with Gasteiger partial charge in [-0.3, -0.25) is 14.9 Å². The van der Waals surface area contributed by atoms with Crippen molar-refractivity contribution >= 4 is 11.6 Å². The van der Waals surface area contributed by atoms with Crippen molar-refractivity contribution in [2.45, 2.75) is 25.0 Å². The molecule has 0 spiro atoms. The molecule has 1 atom stereocenters. The summed E-state index contributed by atoms with van der Waals surface area (Å²) < 4.78 is 7.19. The molecule has 3 rings (SSSR count). The molecule has 114 valence electrons. The zero-order chi connectivity index (χ0) is 15.0. The highest BCUT2D eigenvalue weighted by atomic mass is 16.6. The van der Waals surface area contributed by atoms with Gasteiger partial charge in [0.1, 0.15) is 5.69 Å². The first kappa shape index (κ1) is 14.0. The van der Waals surface area contributed by atoms with Gasteiger partial charge >= 0.3 is 0 Å². The maximum absolute atomic E-state index is 12.6. The number of nitrogens with zero attached hydrogens (tertiary/aromatic N) is 3. The number of aromatic nitrogens is 1. The fraction of sp³-hybridized carbons (Fsp3) is 0.615. The van der Waals surface area contributed by atoms with Gasteiger partial charge in [0.05, 0.1) is 23.8 Å². The molecule has 0 aromatic carbocycles. The number of carbonyl (C=O) groups excluding carboxylic acids is 1. The highest BCUT2D eigenvalue weighted by Crippen LogP contribution is 2.38. The minimum atomic E-state index is -0.461. The molecular weight excluding hydrogens is 276 g/mol. The molecule has 0 bridgehead atoms. The van der Waals surface area contributed by atoms with Crippen LogP contribution in [0, 0.1) is 10.1 Å². The summed E-state index contributed by atoms with van der Waals surface area (Å²) in [5, 5.41) is 10.9. The first-order valence-electron chi connectivity index (χ1n) is 7.07. The van der Waals surface area contributed by atoms with Gasteiger partial charge in [0.25, 0.3) is 11.6 Å². The zero-order valence-electron chi connectivity index (χ0n) is 11.6. The summed E-state index contributed by atoms with van der Waals surface area (Å²) in [6.45, 7) is 1.71. The highest BCUT2D eigenvalue weighted by molar-refractivity contribution is 5.93. The zero-order valence-corrected chi connectivity index (χ0v) is 11.6. The van der Waals surface area contributed by atoms with Gasteiger partial charge in [0.2, 0.25) is 0 Å². The van der Waals surface area contributed by atoms with Crippen molar-refractivity contribution < 1.29 is 14.5 Å². The van der Waals surface area contributed by atoms with Gasteiger partial charge < -0.3 is 19.9 Å². The molecule has 1 saturated heterocycles. The molecule has 0 radical (unpaired) electrons. The fourth-order valence-electron chi connectivity index (χ4n) is 2.60. The number of rotatable bonds is 4. The molecule has 2 fully saturated rings. The summed E-state index contributed by atoms with van der Waals surface area (Å²) >= 11 is 0. The quantitative estimate of drug-likeness (QED) is 0.644. The predicted molar refractivity (Wildman–Crippen MR) is 74.1 cm³/mol. The minimum Gasteiger partial charge on any atom is -0.373 e. The van der Waals surface area contributed by atoms with Crippen LogP contribution in [0.3, 0.4) is 0 Å². The van der Waals surface area contributed by atoms with E-state index in [0.717, 1.165) is 12.8 Å². The van der Waals surface area contributed by atoms with Crippen molar-refractivity contribution in [2.75, 3.05) is 26.2 Å². The third kappa shape index (κ3) is 2.77. The van der Waals surface area contributed by atoms with E-state index in [2.05, 4.69) is 0 Å². The van der Waals surface area contributed by atoms with Crippen LogP contribution in [0.25, 0.3) is 0 Å². The number of amides is 1. The van der Waals surface area contributed by atoms with Gasteiger partial charge in [-0.15, -0.1) is 0 Å². The average Bonchev–Trinajstić information content (AvgIpc) is 3.24. The first-order valence-corrected chi connectivity index (χ1v) is 7.07. The lowest BCUT2D eigenvalue weighted by Crippen LogP contribution is -2.48. The molecule has 8 heteroatoms. The van der Waals surface area contributed by atoms with Gasteiger partial charge in [-0.1, -0.05) is 0 Å². The Kier molecular flexibility index (Phi) is 3.64. The van der Waals surface area contributed by atoms with Crippen molar-refractivity contribution in [3.8, 4) is 0 Å². The van der Waals surface area contributed by atoms with Crippen molar-refractivity contribution in [1.82, 2.24) is 9.47 Å². The Labute approximate surface area is 121 Å². The summed E-state index contributed by atoms with van der Waals surface area (Å²) in [4.78, 5) is 24.8. The number of morpholine rings is 1. The summed E-state index contributed by atoms with van der Waals surface area (Å²) in [5.74, 6) is -0.184. The third-order valence-electron chi connectivity index (χ3n) is 3.89. The normalized spacial score (nSPS) is 22.3. The number of ether oxygens (including phenoxy) is 1. The fourth-order valence-corrected chi connectivity index (χ4v) is 2.60. The van der Waals surface area contributed by atoms with Crippen molar-refractivity contribution in [2.24, 2.45) is 5.73 Å². The van der Waals surface area contributed by atoms with Crippen LogP contribution in [0.2, 0.25) is 0 Å². The number of hydrogen-bond donors (Lipinski definition) is 1. The van der Waals surface area contributed by atoms with Gasteiger partial charge in [0.15, 0.2) is 0 Å². The standard InChI is InChI=1S/C13H18N4O4/c14-6-11-8-15(3-4-21-11)13(18)12-5-10(17(19)20)7-16(12)9-1-2-9/h5,7,9,11H,1-4,6,8,14H2. The number of hydrogen-bond acceptors (Lipinski definition) is 5.